The number of rotatable bonds is 4. The van der Waals surface area contributed by atoms with Gasteiger partial charge in [0.15, 0.2) is 0 Å². The molecule has 3 aromatic rings. The van der Waals surface area contributed by atoms with Crippen molar-refractivity contribution < 1.29 is 12.8 Å². The summed E-state index contributed by atoms with van der Waals surface area (Å²) >= 11 is 0. The zero-order valence-electron chi connectivity index (χ0n) is 13.4. The van der Waals surface area contributed by atoms with Crippen LogP contribution >= 0.6 is 0 Å². The third-order valence-electron chi connectivity index (χ3n) is 3.99. The van der Waals surface area contributed by atoms with Gasteiger partial charge < -0.3 is 0 Å². The Hall–Kier alpha value is -2.75. The van der Waals surface area contributed by atoms with E-state index in [1.807, 2.05) is 42.5 Å². The summed E-state index contributed by atoms with van der Waals surface area (Å²) in [5.41, 5.74) is 0.532. The number of nitrogens with zero attached hydrogens (tertiary/aromatic N) is 1. The predicted octanol–water partition coefficient (Wildman–Crippen LogP) is 3.89. The minimum absolute atomic E-state index is 0.141. The van der Waals surface area contributed by atoms with Crippen molar-refractivity contribution >= 4 is 20.8 Å². The first-order valence-electron chi connectivity index (χ1n) is 7.62. The van der Waals surface area contributed by atoms with Crippen molar-refractivity contribution in [3.63, 3.8) is 0 Å². The molecule has 0 saturated heterocycles. The Kier molecular flexibility index (Phi) is 4.53. The number of nitrogens with one attached hydrogen (secondary N) is 1. The molecule has 0 spiro atoms. The van der Waals surface area contributed by atoms with Crippen molar-refractivity contribution in [2.45, 2.75) is 17.9 Å². The second kappa shape index (κ2) is 6.63. The molecule has 0 bridgehead atoms. The molecular weight excluding hydrogens is 339 g/mol. The predicted molar refractivity (Wildman–Crippen MR) is 93.8 cm³/mol. The lowest BCUT2D eigenvalue weighted by molar-refractivity contribution is 0.567. The highest BCUT2D eigenvalue weighted by Crippen LogP contribution is 2.25. The molecule has 3 rings (SSSR count). The van der Waals surface area contributed by atoms with Crippen LogP contribution in [0.25, 0.3) is 10.8 Å². The van der Waals surface area contributed by atoms with E-state index < -0.39 is 21.9 Å². The molecule has 3 aromatic carbocycles. The Labute approximate surface area is 145 Å². The minimum Gasteiger partial charge on any atom is -0.207 e. The molecule has 4 nitrogen and oxygen atoms in total. The van der Waals surface area contributed by atoms with E-state index in [1.54, 1.807) is 13.0 Å². The summed E-state index contributed by atoms with van der Waals surface area (Å²) in [6, 6.07) is 17.7. The molecular formula is C19H15FN2O2S. The molecule has 0 aliphatic rings. The van der Waals surface area contributed by atoms with E-state index in [4.69, 9.17) is 5.26 Å². The van der Waals surface area contributed by atoms with Crippen LogP contribution < -0.4 is 4.72 Å². The van der Waals surface area contributed by atoms with Crippen LogP contribution in [0.15, 0.2) is 65.6 Å². The van der Waals surface area contributed by atoms with Crippen molar-refractivity contribution in [1.29, 1.82) is 5.26 Å². The van der Waals surface area contributed by atoms with Gasteiger partial charge in [-0.3, -0.25) is 0 Å². The van der Waals surface area contributed by atoms with E-state index >= 15 is 0 Å². The van der Waals surface area contributed by atoms with Gasteiger partial charge in [-0.2, -0.15) is 5.26 Å². The molecule has 126 valence electrons. The quantitative estimate of drug-likeness (QED) is 0.773. The van der Waals surface area contributed by atoms with Gasteiger partial charge in [-0.25, -0.2) is 17.5 Å². The maximum Gasteiger partial charge on any atom is 0.241 e. The molecule has 0 aliphatic carbocycles. The lowest BCUT2D eigenvalue weighted by Gasteiger charge is -2.17. The van der Waals surface area contributed by atoms with E-state index in [0.717, 1.165) is 34.5 Å². The fourth-order valence-electron chi connectivity index (χ4n) is 2.75. The topological polar surface area (TPSA) is 70.0 Å². The normalized spacial score (nSPS) is 12.7. The van der Waals surface area contributed by atoms with Crippen molar-refractivity contribution in [2.75, 3.05) is 0 Å². The number of hydrogen-bond acceptors (Lipinski definition) is 3. The summed E-state index contributed by atoms with van der Waals surface area (Å²) in [5, 5.41) is 10.9. The SMILES string of the molecule is CC(NS(=O)(=O)c1ccc(F)c(C#N)c1)c1cccc2ccccc12. The highest BCUT2D eigenvalue weighted by molar-refractivity contribution is 7.89. The van der Waals surface area contributed by atoms with E-state index in [1.165, 1.54) is 0 Å². The van der Waals surface area contributed by atoms with E-state index in [-0.39, 0.29) is 10.5 Å². The molecule has 1 N–H and O–H groups in total. The zero-order valence-corrected chi connectivity index (χ0v) is 14.2. The molecule has 6 heteroatoms. The van der Waals surface area contributed by atoms with Crippen molar-refractivity contribution in [2.24, 2.45) is 0 Å². The van der Waals surface area contributed by atoms with Crippen molar-refractivity contribution in [3.05, 3.63) is 77.6 Å². The highest BCUT2D eigenvalue weighted by Gasteiger charge is 2.20. The van der Waals surface area contributed by atoms with Gasteiger partial charge in [-0.05, 0) is 41.5 Å². The van der Waals surface area contributed by atoms with E-state index in [0.29, 0.717) is 0 Å². The van der Waals surface area contributed by atoms with Crippen molar-refractivity contribution in [3.8, 4) is 6.07 Å². The van der Waals surface area contributed by atoms with Gasteiger partial charge in [0.25, 0.3) is 0 Å². The average Bonchev–Trinajstić information content (AvgIpc) is 2.61. The van der Waals surface area contributed by atoms with Crippen LogP contribution in [0.1, 0.15) is 24.1 Å². The fraction of sp³-hybridized carbons (Fsp3) is 0.105. The zero-order chi connectivity index (χ0) is 18.0. The first kappa shape index (κ1) is 17.1. The number of fused-ring (bicyclic) bond motifs is 1. The molecule has 0 aromatic heterocycles. The Morgan fingerprint density at radius 1 is 1.08 bits per heavy atom. The Bertz CT molecular complexity index is 1080. The second-order valence-corrected chi connectivity index (χ2v) is 7.38. The lowest BCUT2D eigenvalue weighted by Crippen LogP contribution is -2.27. The molecule has 0 aliphatic heterocycles. The maximum absolute atomic E-state index is 13.4. The van der Waals surface area contributed by atoms with Crippen LogP contribution in [0.4, 0.5) is 4.39 Å². The average molecular weight is 354 g/mol. The van der Waals surface area contributed by atoms with Gasteiger partial charge in [0, 0.05) is 6.04 Å². The Balaban J connectivity index is 1.96. The van der Waals surface area contributed by atoms with Gasteiger partial charge in [0.1, 0.15) is 11.9 Å². The van der Waals surface area contributed by atoms with Crippen LogP contribution in [0.3, 0.4) is 0 Å². The number of hydrogen-bond donors (Lipinski definition) is 1. The van der Waals surface area contributed by atoms with Crippen LogP contribution in [0.5, 0.6) is 0 Å². The summed E-state index contributed by atoms with van der Waals surface area (Å²) in [4.78, 5) is -0.141. The minimum atomic E-state index is -3.89. The van der Waals surface area contributed by atoms with Gasteiger partial charge >= 0.3 is 0 Å². The Morgan fingerprint density at radius 2 is 1.80 bits per heavy atom. The first-order chi connectivity index (χ1) is 11.9. The molecule has 0 radical (unpaired) electrons. The van der Waals surface area contributed by atoms with Crippen molar-refractivity contribution in [1.82, 2.24) is 4.72 Å². The first-order valence-corrected chi connectivity index (χ1v) is 9.10. The standard InChI is InChI=1S/C19H15FN2O2S/c1-13(17-8-4-6-14-5-2-3-7-18(14)17)22-25(23,24)16-9-10-19(20)15(11-16)12-21/h2-11,13,22H,1H3. The smallest absolute Gasteiger partial charge is 0.207 e. The molecule has 25 heavy (non-hydrogen) atoms. The molecule has 1 unspecified atom stereocenters. The van der Waals surface area contributed by atoms with Gasteiger partial charge in [0.05, 0.1) is 10.5 Å². The summed E-state index contributed by atoms with van der Waals surface area (Å²) in [6.07, 6.45) is 0. The summed E-state index contributed by atoms with van der Waals surface area (Å²) in [5.74, 6) is -0.747. The van der Waals surface area contributed by atoms with Crippen LogP contribution in [-0.4, -0.2) is 8.42 Å². The highest BCUT2D eigenvalue weighted by atomic mass is 32.2. The van der Waals surface area contributed by atoms with E-state index in [9.17, 15) is 12.8 Å². The largest absolute Gasteiger partial charge is 0.241 e. The number of nitriles is 1. The van der Waals surface area contributed by atoms with Gasteiger partial charge in [-0.1, -0.05) is 42.5 Å². The lowest BCUT2D eigenvalue weighted by atomic mass is 10.0. The molecule has 0 heterocycles. The fourth-order valence-corrected chi connectivity index (χ4v) is 4.00. The van der Waals surface area contributed by atoms with Gasteiger partial charge in [0.2, 0.25) is 10.0 Å². The molecule has 0 fully saturated rings. The third kappa shape index (κ3) is 3.38. The Morgan fingerprint density at radius 3 is 2.56 bits per heavy atom. The van der Waals surface area contributed by atoms with Crippen LogP contribution in [-0.2, 0) is 10.0 Å². The van der Waals surface area contributed by atoms with E-state index in [2.05, 4.69) is 4.72 Å². The number of sulfonamides is 1. The number of halogens is 1. The molecule has 0 amide bonds. The van der Waals surface area contributed by atoms with Crippen LogP contribution in [0, 0.1) is 17.1 Å². The molecule has 1 atom stereocenters. The maximum atomic E-state index is 13.4. The second-order valence-electron chi connectivity index (χ2n) is 5.66. The third-order valence-corrected chi connectivity index (χ3v) is 5.53. The monoisotopic (exact) mass is 354 g/mol. The summed E-state index contributed by atoms with van der Waals surface area (Å²) < 4.78 is 41.2. The van der Waals surface area contributed by atoms with Crippen LogP contribution in [0.2, 0.25) is 0 Å². The summed E-state index contributed by atoms with van der Waals surface area (Å²) in [7, 11) is -3.89. The van der Waals surface area contributed by atoms with Gasteiger partial charge in [-0.15, -0.1) is 0 Å². The molecule has 0 saturated carbocycles. The number of benzene rings is 3. The summed E-state index contributed by atoms with van der Waals surface area (Å²) in [6.45, 7) is 1.74.